The summed E-state index contributed by atoms with van der Waals surface area (Å²) in [4.78, 5) is 33.3. The van der Waals surface area contributed by atoms with Crippen LogP contribution in [-0.2, 0) is 0 Å². The zero-order valence-electron chi connectivity index (χ0n) is 23.3. The van der Waals surface area contributed by atoms with E-state index in [9.17, 15) is 4.79 Å². The number of carbonyl (C=O) groups is 1. The molecule has 0 radical (unpaired) electrons. The summed E-state index contributed by atoms with van der Waals surface area (Å²) in [5, 5.41) is 10.2. The molecule has 4 aromatic rings. The molecule has 0 fully saturated rings. The maximum atomic E-state index is 10.4. The first kappa shape index (κ1) is 67.2. The van der Waals surface area contributed by atoms with Crippen LogP contribution in [0.25, 0.3) is 0 Å². The van der Waals surface area contributed by atoms with Crippen molar-refractivity contribution in [1.82, 2.24) is 19.9 Å². The summed E-state index contributed by atoms with van der Waals surface area (Å²) in [6.45, 7) is 0. The number of nitrogens with zero attached hydrogens (tertiary/aromatic N) is 5. The Bertz CT molecular complexity index is 1080. The van der Waals surface area contributed by atoms with Crippen LogP contribution in [0.4, 0.5) is 11.4 Å². The second-order valence-corrected chi connectivity index (χ2v) is 6.75. The first-order valence-corrected chi connectivity index (χ1v) is 12.0. The van der Waals surface area contributed by atoms with Gasteiger partial charge in [0.2, 0.25) is 5.91 Å². The molecule has 0 unspecified atom stereocenters. The van der Waals surface area contributed by atoms with Crippen molar-refractivity contribution in [3.05, 3.63) is 117 Å². The van der Waals surface area contributed by atoms with Gasteiger partial charge in [-0.2, -0.15) is 0 Å². The Morgan fingerprint density at radius 3 is 1.36 bits per heavy atom. The van der Waals surface area contributed by atoms with Gasteiger partial charge in [0.05, 0.1) is 22.0 Å². The van der Waals surface area contributed by atoms with Gasteiger partial charge in [-0.3, -0.25) is 14.8 Å². The molecule has 23 heteroatoms. The molecule has 4 heterocycles. The van der Waals surface area contributed by atoms with Crippen LogP contribution in [-0.4, -0.2) is 31.3 Å². The topological polar surface area (TPSA) is 252 Å². The normalized spacial score (nSPS) is 6.91. The molecule has 4 rings (SSSR count). The summed E-state index contributed by atoms with van der Waals surface area (Å²) in [7, 11) is 8.22. The average molecular weight is 800 g/mol. The molecular weight excluding hydrogens is 773 g/mol. The minimum Gasteiger partial charge on any atom is -0.870 e. The van der Waals surface area contributed by atoms with E-state index in [0.29, 0.717) is 32.3 Å². The van der Waals surface area contributed by atoms with Crippen LogP contribution in [0, 0.1) is 10.1 Å². The first-order chi connectivity index (χ1) is 18.7. The van der Waals surface area contributed by atoms with E-state index >= 15 is 0 Å². The standard InChI is InChI=1S/C6H6N2O.C5H3Cl2N.C5H5ClN2.C5H6N2.CH4.Cl2.ClO.ClH.HNO2.3Na.H2O/c7-6(9)5-2-1-3-8-4-5;6-4-2-1-3-8-5(4)7;6-5-4(7)2-1-3-8-5;6-5-2-1-3-7-4-5;;2*1-2;;2-1-3;;;;/h1-4H,(H2,7,9);1-3H;1-3H,7H2;1-4H,6H2;1H4;;;1H;(H,2,3);;;;1H2/q;;;;;;-1;;;3*+1;/p-2. The largest absolute Gasteiger partial charge is 1.00 e. The van der Waals surface area contributed by atoms with Crippen molar-refractivity contribution in [2.75, 3.05) is 11.5 Å². The van der Waals surface area contributed by atoms with Crippen LogP contribution in [0.5, 0.6) is 0 Å². The molecule has 0 bridgehead atoms. The minimum atomic E-state index is -0.442. The van der Waals surface area contributed by atoms with E-state index in [0.717, 1.165) is 5.34 Å². The SMILES string of the molecule is C.Cl.ClCl.Clc1cccnc1Cl.NC(=O)c1cccnc1.Nc1cccnc1.Nc1cccnc1Cl.O=N[O-].[Na+].[Na+].[Na+].[O-]Cl.[OH-]. The Balaban J connectivity index is -0.0000000494. The van der Waals surface area contributed by atoms with Crippen molar-refractivity contribution in [1.29, 1.82) is 0 Å². The van der Waals surface area contributed by atoms with Crippen LogP contribution in [0.1, 0.15) is 17.8 Å². The predicted octanol–water partition coefficient (Wildman–Crippen LogP) is -2.43. The molecule has 0 aliphatic carbocycles. The van der Waals surface area contributed by atoms with E-state index in [4.69, 9.17) is 66.8 Å². The zero-order chi connectivity index (χ0) is 30.5. The number of rotatable bonds is 1. The van der Waals surface area contributed by atoms with Crippen molar-refractivity contribution >= 4 is 98.1 Å². The molecule has 4 aromatic heterocycles. The fourth-order valence-electron chi connectivity index (χ4n) is 1.65. The van der Waals surface area contributed by atoms with Gasteiger partial charge in [-0.1, -0.05) is 42.2 Å². The van der Waals surface area contributed by atoms with Gasteiger partial charge < -0.3 is 37.5 Å². The van der Waals surface area contributed by atoms with Crippen molar-refractivity contribution in [2.45, 2.75) is 7.43 Å². The fourth-order valence-corrected chi connectivity index (χ4v) is 2.01. The molecule has 236 valence electrons. The summed E-state index contributed by atoms with van der Waals surface area (Å²) in [6, 6.07) is 13.7. The van der Waals surface area contributed by atoms with Gasteiger partial charge in [0.15, 0.2) is 5.15 Å². The van der Waals surface area contributed by atoms with Gasteiger partial charge in [0.25, 0.3) is 0 Å². The molecule has 0 spiro atoms. The molecule has 0 aliphatic rings. The number of nitrogen functional groups attached to an aromatic ring is 2. The molecule has 1 amide bonds. The van der Waals surface area contributed by atoms with Crippen LogP contribution in [0.3, 0.4) is 0 Å². The van der Waals surface area contributed by atoms with E-state index in [1.807, 2.05) is 0 Å². The van der Waals surface area contributed by atoms with Crippen LogP contribution in [0.2, 0.25) is 15.3 Å². The number of aromatic nitrogens is 4. The zero-order valence-corrected chi connectivity index (χ0v) is 34.7. The van der Waals surface area contributed by atoms with Gasteiger partial charge >= 0.3 is 88.7 Å². The van der Waals surface area contributed by atoms with Gasteiger partial charge in [-0.15, -0.1) is 17.7 Å². The van der Waals surface area contributed by atoms with Crippen LogP contribution < -0.4 is 111 Å². The predicted molar refractivity (Wildman–Crippen MR) is 172 cm³/mol. The number of hydrogen-bond donors (Lipinski definition) is 3. The van der Waals surface area contributed by atoms with E-state index < -0.39 is 5.91 Å². The second-order valence-electron chi connectivity index (χ2n) is 5.63. The number of hydrogen-bond acceptors (Lipinski definition) is 12. The number of halogens is 7. The summed E-state index contributed by atoms with van der Waals surface area (Å²) in [5.41, 5.74) is 17.2. The number of nitrogens with two attached hydrogens (primary N) is 3. The minimum absolute atomic E-state index is 0. The smallest absolute Gasteiger partial charge is 0.870 e. The number of anilines is 2. The van der Waals surface area contributed by atoms with E-state index in [1.54, 1.807) is 79.5 Å². The van der Waals surface area contributed by atoms with Crippen LogP contribution >= 0.6 is 80.8 Å². The molecule has 0 atom stereocenters. The third-order valence-electron chi connectivity index (χ3n) is 3.13. The van der Waals surface area contributed by atoms with Gasteiger partial charge in [0.1, 0.15) is 5.15 Å². The van der Waals surface area contributed by atoms with E-state index in [-0.39, 0.29) is 114 Å². The Kier molecular flexibility index (Phi) is 76.0. The molecule has 0 saturated carbocycles. The molecule has 7 N–H and O–H groups in total. The van der Waals surface area contributed by atoms with Crippen LogP contribution in [0.15, 0.2) is 91.1 Å². The number of primary amides is 1. The fraction of sp³-hybridized carbons (Fsp3) is 0.0455. The van der Waals surface area contributed by atoms with Crippen molar-refractivity contribution in [2.24, 2.45) is 11.1 Å². The Morgan fingerprint density at radius 1 is 0.756 bits per heavy atom. The molecule has 0 saturated heterocycles. The van der Waals surface area contributed by atoms with Crippen molar-refractivity contribution in [3.63, 3.8) is 0 Å². The molecule has 0 aliphatic heterocycles. The Morgan fingerprint density at radius 2 is 1.16 bits per heavy atom. The third-order valence-corrected chi connectivity index (χ3v) is 4.15. The van der Waals surface area contributed by atoms with E-state index in [2.05, 4.69) is 53.5 Å². The average Bonchev–Trinajstić information content (AvgIpc) is 2.97. The number of carbonyl (C=O) groups excluding carboxylic acids is 1. The summed E-state index contributed by atoms with van der Waals surface area (Å²) < 4.78 is 7.72. The van der Waals surface area contributed by atoms with Gasteiger partial charge in [-0.25, -0.2) is 21.8 Å². The first-order valence-electron chi connectivity index (χ1n) is 9.44. The molecule has 13 nitrogen and oxygen atoms in total. The quantitative estimate of drug-likeness (QED) is 0.0791. The summed E-state index contributed by atoms with van der Waals surface area (Å²) in [6.07, 6.45) is 9.51. The van der Waals surface area contributed by atoms with Crippen molar-refractivity contribution < 1.29 is 104 Å². The Labute approximate surface area is 363 Å². The van der Waals surface area contributed by atoms with Gasteiger partial charge in [0, 0.05) is 58.9 Å². The summed E-state index contributed by atoms with van der Waals surface area (Å²) in [5.74, 6) is -0.442. The maximum Gasteiger partial charge on any atom is 1.00 e. The molecule has 45 heavy (non-hydrogen) atoms. The van der Waals surface area contributed by atoms with Gasteiger partial charge in [-0.05, 0) is 48.5 Å². The third kappa shape index (κ3) is 44.0. The molecule has 0 aromatic carbocycles. The second kappa shape index (κ2) is 50.9. The van der Waals surface area contributed by atoms with Crippen molar-refractivity contribution in [3.8, 4) is 0 Å². The maximum absolute atomic E-state index is 10.4. The summed E-state index contributed by atoms with van der Waals surface area (Å²) >= 11 is 19.8. The number of pyridine rings is 4. The Hall–Kier alpha value is 0.0200. The molecular formula is C22H26Cl7N8Na3O5. The van der Waals surface area contributed by atoms with E-state index in [1.165, 1.54) is 6.20 Å². The number of amides is 1. The monoisotopic (exact) mass is 796 g/mol.